The summed E-state index contributed by atoms with van der Waals surface area (Å²) in [7, 11) is 0. The van der Waals surface area contributed by atoms with E-state index >= 15 is 0 Å². The highest BCUT2D eigenvalue weighted by molar-refractivity contribution is 6.40. The molecule has 0 saturated heterocycles. The van der Waals surface area contributed by atoms with Crippen molar-refractivity contribution in [3.05, 3.63) is 170 Å². The number of aromatic nitrogens is 4. The van der Waals surface area contributed by atoms with Gasteiger partial charge in [0, 0.05) is 43.9 Å². The van der Waals surface area contributed by atoms with Gasteiger partial charge in [-0.25, -0.2) is 15.0 Å². The van der Waals surface area contributed by atoms with Gasteiger partial charge in [0.05, 0.1) is 11.0 Å². The third kappa shape index (κ3) is 4.59. The molecule has 2 aromatic heterocycles. The van der Waals surface area contributed by atoms with Crippen LogP contribution in [0.4, 0.5) is 0 Å². The third-order valence-corrected chi connectivity index (χ3v) is 10.8. The molecule has 4 nitrogen and oxygen atoms in total. The van der Waals surface area contributed by atoms with Crippen molar-refractivity contribution in [3.63, 3.8) is 0 Å². The summed E-state index contributed by atoms with van der Waals surface area (Å²) >= 11 is 0. The van der Waals surface area contributed by atoms with Gasteiger partial charge in [0.25, 0.3) is 0 Å². The van der Waals surface area contributed by atoms with Crippen molar-refractivity contribution in [2.24, 2.45) is 0 Å². The molecule has 0 amide bonds. The first-order chi connectivity index (χ1) is 26.3. The Kier molecular flexibility index (Phi) is 6.65. The van der Waals surface area contributed by atoms with Crippen LogP contribution in [0.3, 0.4) is 0 Å². The molecule has 11 rings (SSSR count). The SMILES string of the molecule is C1=CC(n2c3ccc4ccccc4c3c3c4c5ccccc5c(-c5nc(-c6ccccc6)nc(-c6ccccc6)n5)cc4c4ccccc4c32)=CCC1. The molecular weight excluding hydrogens is 645 g/mol. The molecular formula is C49H32N4. The number of nitrogens with zero attached hydrogens (tertiary/aromatic N) is 4. The lowest BCUT2D eigenvalue weighted by Crippen LogP contribution is -2.01. The Hall–Kier alpha value is -6.91. The minimum atomic E-state index is 0.655. The number of benzene rings is 8. The molecule has 1 aliphatic rings. The molecule has 0 spiro atoms. The van der Waals surface area contributed by atoms with Crippen molar-refractivity contribution in [1.82, 2.24) is 19.5 Å². The van der Waals surface area contributed by atoms with Crippen molar-refractivity contribution >= 4 is 70.6 Å². The molecule has 8 aromatic carbocycles. The van der Waals surface area contributed by atoms with Crippen molar-refractivity contribution < 1.29 is 0 Å². The van der Waals surface area contributed by atoms with Crippen LogP contribution in [0.25, 0.3) is 105 Å². The first-order valence-electron chi connectivity index (χ1n) is 18.3. The van der Waals surface area contributed by atoms with Gasteiger partial charge in [-0.2, -0.15) is 0 Å². The van der Waals surface area contributed by atoms with Crippen LogP contribution in [0.2, 0.25) is 0 Å². The fourth-order valence-corrected chi connectivity index (χ4v) is 8.49. The summed E-state index contributed by atoms with van der Waals surface area (Å²) < 4.78 is 2.52. The number of allylic oxidation sites excluding steroid dienone is 4. The largest absolute Gasteiger partial charge is 0.309 e. The molecule has 0 atom stereocenters. The maximum absolute atomic E-state index is 5.21. The summed E-state index contributed by atoms with van der Waals surface area (Å²) in [5, 5.41) is 12.2. The Morgan fingerprint density at radius 1 is 0.434 bits per heavy atom. The normalized spacial score (nSPS) is 13.2. The van der Waals surface area contributed by atoms with Crippen molar-refractivity contribution in [2.75, 3.05) is 0 Å². The maximum atomic E-state index is 5.21. The number of hydrogen-bond acceptors (Lipinski definition) is 3. The van der Waals surface area contributed by atoms with E-state index in [1.165, 1.54) is 65.2 Å². The molecule has 0 unspecified atom stereocenters. The summed E-state index contributed by atoms with van der Waals surface area (Å²) in [4.78, 5) is 15.4. The van der Waals surface area contributed by atoms with Crippen LogP contribution in [0.5, 0.6) is 0 Å². The second-order valence-corrected chi connectivity index (χ2v) is 13.8. The summed E-state index contributed by atoms with van der Waals surface area (Å²) in [6, 6.07) is 53.9. The van der Waals surface area contributed by atoms with E-state index < -0.39 is 0 Å². The number of rotatable bonds is 4. The molecule has 248 valence electrons. The van der Waals surface area contributed by atoms with E-state index in [1.54, 1.807) is 0 Å². The smallest absolute Gasteiger partial charge is 0.164 e. The van der Waals surface area contributed by atoms with Gasteiger partial charge >= 0.3 is 0 Å². The first kappa shape index (κ1) is 29.8. The monoisotopic (exact) mass is 676 g/mol. The molecule has 53 heavy (non-hydrogen) atoms. The molecule has 0 bridgehead atoms. The zero-order valence-electron chi connectivity index (χ0n) is 28.9. The Morgan fingerprint density at radius 2 is 1.04 bits per heavy atom. The Balaban J connectivity index is 1.34. The van der Waals surface area contributed by atoms with Crippen LogP contribution in [-0.4, -0.2) is 19.5 Å². The summed E-state index contributed by atoms with van der Waals surface area (Å²) in [5.41, 5.74) is 6.59. The van der Waals surface area contributed by atoms with Gasteiger partial charge in [0.1, 0.15) is 0 Å². The quantitative estimate of drug-likeness (QED) is 0.174. The lowest BCUT2D eigenvalue weighted by atomic mass is 9.89. The van der Waals surface area contributed by atoms with E-state index in [2.05, 4.69) is 138 Å². The van der Waals surface area contributed by atoms with Gasteiger partial charge in [-0.05, 0) is 63.4 Å². The van der Waals surface area contributed by atoms with Crippen molar-refractivity contribution in [3.8, 4) is 34.2 Å². The highest BCUT2D eigenvalue weighted by Gasteiger charge is 2.24. The van der Waals surface area contributed by atoms with Crippen molar-refractivity contribution in [1.29, 1.82) is 0 Å². The van der Waals surface area contributed by atoms with E-state index in [0.29, 0.717) is 17.5 Å². The molecule has 0 radical (unpaired) electrons. The van der Waals surface area contributed by atoms with E-state index in [4.69, 9.17) is 15.0 Å². The Labute approximate surface area is 306 Å². The molecule has 0 fully saturated rings. The summed E-state index contributed by atoms with van der Waals surface area (Å²) in [5.74, 6) is 1.97. The van der Waals surface area contributed by atoms with E-state index in [0.717, 1.165) is 34.9 Å². The minimum Gasteiger partial charge on any atom is -0.309 e. The van der Waals surface area contributed by atoms with Gasteiger partial charge in [-0.15, -0.1) is 0 Å². The van der Waals surface area contributed by atoms with Gasteiger partial charge in [0.2, 0.25) is 0 Å². The average molecular weight is 677 g/mol. The highest BCUT2D eigenvalue weighted by Crippen LogP contribution is 2.48. The van der Waals surface area contributed by atoms with Gasteiger partial charge < -0.3 is 4.57 Å². The van der Waals surface area contributed by atoms with E-state index in [9.17, 15) is 0 Å². The van der Waals surface area contributed by atoms with E-state index in [1.807, 2.05) is 36.4 Å². The Bertz CT molecular complexity index is 3100. The van der Waals surface area contributed by atoms with Crippen LogP contribution in [0.15, 0.2) is 170 Å². The van der Waals surface area contributed by atoms with Gasteiger partial charge in [-0.1, -0.05) is 152 Å². The zero-order chi connectivity index (χ0) is 34.9. The van der Waals surface area contributed by atoms with Crippen LogP contribution in [0.1, 0.15) is 12.8 Å². The molecule has 0 N–H and O–H groups in total. The molecule has 0 aliphatic heterocycles. The molecule has 4 heteroatoms. The Morgan fingerprint density at radius 3 is 1.74 bits per heavy atom. The van der Waals surface area contributed by atoms with Gasteiger partial charge in [-0.3, -0.25) is 0 Å². The van der Waals surface area contributed by atoms with E-state index in [-0.39, 0.29) is 0 Å². The van der Waals surface area contributed by atoms with Crippen molar-refractivity contribution in [2.45, 2.75) is 12.8 Å². The predicted octanol–water partition coefficient (Wildman–Crippen LogP) is 12.8. The third-order valence-electron chi connectivity index (χ3n) is 10.8. The average Bonchev–Trinajstić information content (AvgIpc) is 3.60. The second-order valence-electron chi connectivity index (χ2n) is 13.8. The standard InChI is InChI=1S/C49H32N4/c1-4-17-32(18-5-1)47-50-48(33-19-6-2-7-20-33)52-49(51-47)41-30-40-37-25-13-15-27-39(37)46-45(43(40)38-26-14-12-24-36(38)41)44-35-23-11-10-16-31(35)28-29-42(44)53(46)34-21-8-3-9-22-34/h1-2,4-8,10-30H,3,9H2. The first-order valence-corrected chi connectivity index (χ1v) is 18.3. The highest BCUT2D eigenvalue weighted by atomic mass is 15.0. The molecule has 0 saturated carbocycles. The van der Waals surface area contributed by atoms with Crippen LogP contribution in [-0.2, 0) is 0 Å². The zero-order valence-corrected chi connectivity index (χ0v) is 28.9. The van der Waals surface area contributed by atoms with Crippen LogP contribution < -0.4 is 0 Å². The minimum absolute atomic E-state index is 0.655. The van der Waals surface area contributed by atoms with Crippen LogP contribution >= 0.6 is 0 Å². The molecule has 10 aromatic rings. The van der Waals surface area contributed by atoms with Crippen LogP contribution in [0, 0.1) is 0 Å². The topological polar surface area (TPSA) is 43.6 Å². The predicted molar refractivity (Wildman–Crippen MR) is 222 cm³/mol. The number of fused-ring (bicyclic) bond motifs is 12. The molecule has 2 heterocycles. The lowest BCUT2D eigenvalue weighted by Gasteiger charge is -2.17. The second kappa shape index (κ2) is 11.8. The fourth-order valence-electron chi connectivity index (χ4n) is 8.49. The van der Waals surface area contributed by atoms with Gasteiger partial charge in [0.15, 0.2) is 17.5 Å². The lowest BCUT2D eigenvalue weighted by molar-refractivity contribution is 1.02. The molecule has 1 aliphatic carbocycles. The number of hydrogen-bond donors (Lipinski definition) is 0. The maximum Gasteiger partial charge on any atom is 0.164 e. The summed E-state index contributed by atoms with van der Waals surface area (Å²) in [6.07, 6.45) is 9.09. The summed E-state index contributed by atoms with van der Waals surface area (Å²) in [6.45, 7) is 0. The fraction of sp³-hybridized carbons (Fsp3) is 0.0408.